The number of phenols is 1. The monoisotopic (exact) mass is 416 g/mol. The quantitative estimate of drug-likeness (QED) is 0.366. The molecule has 0 fully saturated rings. The molecule has 0 saturated carbocycles. The average molecular weight is 416 g/mol. The Kier molecular flexibility index (Phi) is 4.46. The van der Waals surface area contributed by atoms with Crippen LogP contribution < -0.4 is 5.73 Å². The lowest BCUT2D eigenvalue weighted by Gasteiger charge is -2.51. The van der Waals surface area contributed by atoms with Crippen LogP contribution in [0, 0.1) is 11.8 Å². The Balaban J connectivity index is 1.99. The fourth-order valence-corrected chi connectivity index (χ4v) is 5.37. The van der Waals surface area contributed by atoms with Crippen LogP contribution >= 0.6 is 0 Å². The van der Waals surface area contributed by atoms with Crippen molar-refractivity contribution in [2.45, 2.75) is 30.6 Å². The van der Waals surface area contributed by atoms with Gasteiger partial charge >= 0.3 is 0 Å². The van der Waals surface area contributed by atoms with Crippen molar-refractivity contribution < 1.29 is 35.1 Å². The first kappa shape index (κ1) is 20.4. The molecule has 1 aromatic rings. The SMILES string of the molecule is CN(C)[C@@H]1C(=O)C(C(N)=O)=C(O)[C@@]2(O)C(O)=C3C(Cc4cccc(O)c4C3O)CC12. The molecule has 0 bridgehead atoms. The Hall–Kier alpha value is -2.88. The Morgan fingerprint density at radius 2 is 1.87 bits per heavy atom. The van der Waals surface area contributed by atoms with Gasteiger partial charge in [-0.05, 0) is 44.5 Å². The highest BCUT2D eigenvalue weighted by Gasteiger charge is 2.62. The van der Waals surface area contributed by atoms with Crippen LogP contribution in [0.15, 0.2) is 40.9 Å². The Morgan fingerprint density at radius 1 is 1.20 bits per heavy atom. The number of aliphatic hydroxyl groups is 4. The summed E-state index contributed by atoms with van der Waals surface area (Å²) in [6, 6.07) is 3.78. The molecule has 9 heteroatoms. The minimum Gasteiger partial charge on any atom is -0.509 e. The summed E-state index contributed by atoms with van der Waals surface area (Å²) in [5.41, 5.74) is 3.00. The van der Waals surface area contributed by atoms with Crippen molar-refractivity contribution in [3.05, 3.63) is 52.0 Å². The molecule has 0 aromatic heterocycles. The molecule has 9 nitrogen and oxygen atoms in total. The molecule has 3 unspecified atom stereocenters. The maximum atomic E-state index is 12.9. The predicted molar refractivity (Wildman–Crippen MR) is 104 cm³/mol. The van der Waals surface area contributed by atoms with E-state index in [0.29, 0.717) is 12.0 Å². The molecule has 0 spiro atoms. The first-order chi connectivity index (χ1) is 14.0. The molecule has 0 aliphatic heterocycles. The fraction of sp³-hybridized carbons (Fsp3) is 0.429. The highest BCUT2D eigenvalue weighted by Crippen LogP contribution is 2.55. The minimum atomic E-state index is -2.47. The predicted octanol–water partition coefficient (Wildman–Crippen LogP) is -0.0287. The second-order valence-electron chi connectivity index (χ2n) is 8.43. The first-order valence-corrected chi connectivity index (χ1v) is 9.60. The molecule has 160 valence electrons. The van der Waals surface area contributed by atoms with Gasteiger partial charge in [0.25, 0.3) is 5.91 Å². The van der Waals surface area contributed by atoms with E-state index in [2.05, 4.69) is 0 Å². The molecular weight excluding hydrogens is 392 g/mol. The number of carbonyl (C=O) groups is 2. The van der Waals surface area contributed by atoms with E-state index in [1.807, 2.05) is 0 Å². The van der Waals surface area contributed by atoms with Crippen molar-refractivity contribution in [3.8, 4) is 5.75 Å². The molecule has 3 aliphatic carbocycles. The molecule has 1 aromatic carbocycles. The van der Waals surface area contributed by atoms with E-state index in [9.17, 15) is 35.1 Å². The van der Waals surface area contributed by atoms with E-state index < -0.39 is 58.4 Å². The lowest BCUT2D eigenvalue weighted by Crippen LogP contribution is -2.62. The lowest BCUT2D eigenvalue weighted by molar-refractivity contribution is -0.137. The third kappa shape index (κ3) is 2.46. The fourth-order valence-electron chi connectivity index (χ4n) is 5.37. The number of aliphatic hydroxyl groups excluding tert-OH is 3. The van der Waals surface area contributed by atoms with Crippen molar-refractivity contribution in [2.24, 2.45) is 17.6 Å². The third-order valence-corrected chi connectivity index (χ3v) is 6.65. The van der Waals surface area contributed by atoms with Crippen LogP contribution in [0.5, 0.6) is 5.75 Å². The van der Waals surface area contributed by atoms with Gasteiger partial charge in [0.1, 0.15) is 28.9 Å². The van der Waals surface area contributed by atoms with Crippen molar-refractivity contribution in [2.75, 3.05) is 14.1 Å². The van der Waals surface area contributed by atoms with Crippen LogP contribution in [0.2, 0.25) is 0 Å². The van der Waals surface area contributed by atoms with Gasteiger partial charge < -0.3 is 31.3 Å². The van der Waals surface area contributed by atoms with Gasteiger partial charge in [-0.25, -0.2) is 0 Å². The van der Waals surface area contributed by atoms with E-state index in [0.717, 1.165) is 0 Å². The summed E-state index contributed by atoms with van der Waals surface area (Å²) < 4.78 is 0. The van der Waals surface area contributed by atoms with Crippen molar-refractivity contribution in [1.82, 2.24) is 4.90 Å². The van der Waals surface area contributed by atoms with Gasteiger partial charge in [0.15, 0.2) is 11.4 Å². The van der Waals surface area contributed by atoms with Gasteiger partial charge in [-0.3, -0.25) is 14.5 Å². The van der Waals surface area contributed by atoms with Gasteiger partial charge in [0.2, 0.25) is 0 Å². The van der Waals surface area contributed by atoms with E-state index in [1.165, 1.54) is 11.0 Å². The summed E-state index contributed by atoms with van der Waals surface area (Å²) >= 11 is 0. The largest absolute Gasteiger partial charge is 0.509 e. The maximum Gasteiger partial charge on any atom is 0.255 e. The lowest BCUT2D eigenvalue weighted by atomic mass is 9.59. The standard InChI is InChI=1S/C21H24N2O7/c1-23(2)15-10-7-9-6-8-4-3-5-11(24)12(8)16(25)13(9)18(27)21(10,30)19(28)14(17(15)26)20(22)29/h3-5,9-10,15-16,24-25,27-28,30H,6-7H2,1-2H3,(H2,22,29)/t9?,10?,15-,16?,21-/m0/s1. The molecule has 0 saturated heterocycles. The number of phenolic OH excluding ortho intramolecular Hbond substituents is 1. The van der Waals surface area contributed by atoms with Crippen LogP contribution in [0.4, 0.5) is 0 Å². The van der Waals surface area contributed by atoms with E-state index >= 15 is 0 Å². The van der Waals surface area contributed by atoms with Gasteiger partial charge in [-0.2, -0.15) is 0 Å². The number of benzene rings is 1. The summed E-state index contributed by atoms with van der Waals surface area (Å²) in [7, 11) is 3.17. The van der Waals surface area contributed by atoms with E-state index in [1.54, 1.807) is 26.2 Å². The van der Waals surface area contributed by atoms with E-state index in [4.69, 9.17) is 5.73 Å². The van der Waals surface area contributed by atoms with Gasteiger partial charge in [0.05, 0.1) is 6.04 Å². The van der Waals surface area contributed by atoms with Crippen LogP contribution in [0.25, 0.3) is 0 Å². The van der Waals surface area contributed by atoms with Crippen molar-refractivity contribution in [3.63, 3.8) is 0 Å². The number of hydrogen-bond acceptors (Lipinski definition) is 8. The minimum absolute atomic E-state index is 0.0463. The zero-order valence-electron chi connectivity index (χ0n) is 16.5. The second-order valence-corrected chi connectivity index (χ2v) is 8.43. The number of carbonyl (C=O) groups excluding carboxylic acids is 2. The number of Topliss-reactive ketones (excluding diaryl/α,β-unsaturated/α-hetero) is 1. The van der Waals surface area contributed by atoms with Crippen LogP contribution in [0.3, 0.4) is 0 Å². The first-order valence-electron chi connectivity index (χ1n) is 9.60. The number of primary amides is 1. The third-order valence-electron chi connectivity index (χ3n) is 6.65. The molecule has 7 N–H and O–H groups in total. The molecule has 0 radical (unpaired) electrons. The molecular formula is C21H24N2O7. The highest BCUT2D eigenvalue weighted by atomic mass is 16.4. The van der Waals surface area contributed by atoms with Crippen LogP contribution in [-0.4, -0.2) is 67.9 Å². The number of aromatic hydroxyl groups is 1. The molecule has 5 atom stereocenters. The molecule has 3 aliphatic rings. The average Bonchev–Trinajstić information content (AvgIpc) is 2.64. The Morgan fingerprint density at radius 3 is 2.47 bits per heavy atom. The number of fused-ring (bicyclic) bond motifs is 3. The van der Waals surface area contributed by atoms with Crippen LogP contribution in [0.1, 0.15) is 23.7 Å². The van der Waals surface area contributed by atoms with Gasteiger partial charge in [-0.1, -0.05) is 12.1 Å². The number of nitrogens with zero attached hydrogens (tertiary/aromatic N) is 1. The number of ketones is 1. The number of likely N-dealkylation sites (N-methyl/N-ethyl adjacent to an activating group) is 1. The maximum absolute atomic E-state index is 12.9. The normalized spacial score (nSPS) is 33.3. The Bertz CT molecular complexity index is 1030. The summed E-state index contributed by atoms with van der Waals surface area (Å²) in [6.07, 6.45) is -0.925. The number of amides is 1. The Labute approximate surface area is 172 Å². The number of nitrogens with two attached hydrogens (primary N) is 1. The smallest absolute Gasteiger partial charge is 0.255 e. The summed E-state index contributed by atoms with van der Waals surface area (Å²) in [5, 5.41) is 54.5. The molecule has 30 heavy (non-hydrogen) atoms. The summed E-state index contributed by atoms with van der Waals surface area (Å²) in [4.78, 5) is 26.3. The second kappa shape index (κ2) is 6.56. The molecule has 0 heterocycles. The number of rotatable bonds is 2. The summed E-state index contributed by atoms with van der Waals surface area (Å²) in [5.74, 6) is -5.27. The van der Waals surface area contributed by atoms with Gasteiger partial charge in [0, 0.05) is 17.1 Å². The number of hydrogen-bond donors (Lipinski definition) is 6. The van der Waals surface area contributed by atoms with Crippen LogP contribution in [-0.2, 0) is 16.0 Å². The topological polar surface area (TPSA) is 165 Å². The van der Waals surface area contributed by atoms with Crippen molar-refractivity contribution in [1.29, 1.82) is 0 Å². The highest BCUT2D eigenvalue weighted by molar-refractivity contribution is 6.22. The zero-order chi connectivity index (χ0) is 22.1. The zero-order valence-corrected chi connectivity index (χ0v) is 16.5. The van der Waals surface area contributed by atoms with Gasteiger partial charge in [-0.15, -0.1) is 0 Å². The molecule has 4 rings (SSSR count). The summed E-state index contributed by atoms with van der Waals surface area (Å²) in [6.45, 7) is 0. The van der Waals surface area contributed by atoms with E-state index in [-0.39, 0.29) is 23.3 Å². The van der Waals surface area contributed by atoms with Crippen molar-refractivity contribution >= 4 is 11.7 Å². The molecule has 1 amide bonds.